The van der Waals surface area contributed by atoms with Gasteiger partial charge in [0, 0.05) is 44.6 Å². The van der Waals surface area contributed by atoms with E-state index >= 15 is 0 Å². The maximum absolute atomic E-state index is 12.3. The van der Waals surface area contributed by atoms with Gasteiger partial charge >= 0.3 is 0 Å². The largest absolute Gasteiger partial charge is 0.336 e. The summed E-state index contributed by atoms with van der Waals surface area (Å²) in [6.07, 6.45) is 3.95. The lowest BCUT2D eigenvalue weighted by atomic mass is 10.1. The van der Waals surface area contributed by atoms with Crippen molar-refractivity contribution in [1.29, 1.82) is 0 Å². The van der Waals surface area contributed by atoms with Crippen molar-refractivity contribution in [3.8, 4) is 0 Å². The molecule has 2 fully saturated rings. The molecule has 0 aliphatic carbocycles. The first-order chi connectivity index (χ1) is 10.1. The van der Waals surface area contributed by atoms with Gasteiger partial charge in [-0.3, -0.25) is 14.7 Å². The van der Waals surface area contributed by atoms with Crippen LogP contribution in [-0.4, -0.2) is 72.8 Å². The van der Waals surface area contributed by atoms with Crippen LogP contribution in [0.15, 0.2) is 24.5 Å². The summed E-state index contributed by atoms with van der Waals surface area (Å²) in [6, 6.07) is 3.66. The smallest absolute Gasteiger partial charge is 0.255 e. The van der Waals surface area contributed by atoms with Crippen molar-refractivity contribution in [3.63, 3.8) is 0 Å². The fourth-order valence-corrected chi connectivity index (χ4v) is 4.79. The number of piperazine rings is 1. The van der Waals surface area contributed by atoms with Crippen LogP contribution in [0.5, 0.6) is 0 Å². The van der Waals surface area contributed by atoms with E-state index in [4.69, 9.17) is 0 Å². The van der Waals surface area contributed by atoms with Crippen LogP contribution >= 0.6 is 0 Å². The molecule has 2 aliphatic heterocycles. The Morgan fingerprint density at radius 2 is 2.00 bits per heavy atom. The van der Waals surface area contributed by atoms with Gasteiger partial charge in [-0.2, -0.15) is 0 Å². The minimum atomic E-state index is -2.85. The predicted octanol–water partition coefficient (Wildman–Crippen LogP) is 0.0265. The van der Waals surface area contributed by atoms with E-state index in [2.05, 4.69) is 9.88 Å². The first-order valence-corrected chi connectivity index (χ1v) is 9.01. The van der Waals surface area contributed by atoms with Crippen LogP contribution in [0.4, 0.5) is 0 Å². The molecule has 0 N–H and O–H groups in total. The zero-order valence-corrected chi connectivity index (χ0v) is 12.6. The van der Waals surface area contributed by atoms with Crippen LogP contribution in [0.1, 0.15) is 16.8 Å². The number of carbonyl (C=O) groups is 1. The van der Waals surface area contributed by atoms with E-state index in [1.807, 2.05) is 4.90 Å². The molecule has 0 aromatic carbocycles. The second kappa shape index (κ2) is 5.73. The topological polar surface area (TPSA) is 70.6 Å². The summed E-state index contributed by atoms with van der Waals surface area (Å²) in [5.41, 5.74) is 0.606. The summed E-state index contributed by atoms with van der Waals surface area (Å²) < 4.78 is 23.1. The number of sulfone groups is 1. The van der Waals surface area contributed by atoms with E-state index in [0.29, 0.717) is 24.4 Å². The average molecular weight is 309 g/mol. The Hall–Kier alpha value is -1.47. The van der Waals surface area contributed by atoms with Crippen LogP contribution in [0, 0.1) is 0 Å². The van der Waals surface area contributed by atoms with E-state index in [1.165, 1.54) is 0 Å². The van der Waals surface area contributed by atoms with Gasteiger partial charge in [0.2, 0.25) is 0 Å². The number of hydrogen-bond acceptors (Lipinski definition) is 5. The number of hydrogen-bond donors (Lipinski definition) is 0. The van der Waals surface area contributed by atoms with Gasteiger partial charge in [-0.05, 0) is 18.6 Å². The normalized spacial score (nSPS) is 25.9. The number of aromatic nitrogens is 1. The molecule has 3 heterocycles. The third-order valence-corrected chi connectivity index (χ3v) is 5.99. The highest BCUT2D eigenvalue weighted by Gasteiger charge is 2.34. The average Bonchev–Trinajstić information content (AvgIpc) is 2.88. The zero-order valence-electron chi connectivity index (χ0n) is 11.8. The number of nitrogens with zero attached hydrogens (tertiary/aromatic N) is 3. The van der Waals surface area contributed by atoms with Crippen molar-refractivity contribution >= 4 is 15.7 Å². The Morgan fingerprint density at radius 1 is 1.24 bits per heavy atom. The molecule has 2 saturated heterocycles. The quantitative estimate of drug-likeness (QED) is 0.770. The lowest BCUT2D eigenvalue weighted by molar-refractivity contribution is 0.0587. The molecular weight excluding hydrogens is 290 g/mol. The zero-order chi connectivity index (χ0) is 14.9. The predicted molar refractivity (Wildman–Crippen MR) is 78.8 cm³/mol. The summed E-state index contributed by atoms with van der Waals surface area (Å²) in [4.78, 5) is 20.3. The molecule has 0 bridgehead atoms. The molecule has 2 aliphatic rings. The van der Waals surface area contributed by atoms with Crippen LogP contribution in [0.3, 0.4) is 0 Å². The van der Waals surface area contributed by atoms with E-state index < -0.39 is 9.84 Å². The van der Waals surface area contributed by atoms with Gasteiger partial charge in [-0.25, -0.2) is 8.42 Å². The molecule has 7 heteroatoms. The van der Waals surface area contributed by atoms with Crippen LogP contribution < -0.4 is 0 Å². The Kier molecular flexibility index (Phi) is 3.95. The number of amides is 1. The van der Waals surface area contributed by atoms with Gasteiger partial charge in [0.25, 0.3) is 5.91 Å². The van der Waals surface area contributed by atoms with Gasteiger partial charge in [0.1, 0.15) is 0 Å². The minimum absolute atomic E-state index is 0.00166. The number of pyridine rings is 1. The first kappa shape index (κ1) is 14.5. The van der Waals surface area contributed by atoms with Gasteiger partial charge in [-0.15, -0.1) is 0 Å². The van der Waals surface area contributed by atoms with Gasteiger partial charge < -0.3 is 4.90 Å². The highest BCUT2D eigenvalue weighted by Crippen LogP contribution is 2.19. The molecule has 114 valence electrons. The van der Waals surface area contributed by atoms with E-state index in [-0.39, 0.29) is 17.7 Å². The molecule has 3 rings (SSSR count). The van der Waals surface area contributed by atoms with Crippen molar-refractivity contribution in [1.82, 2.24) is 14.8 Å². The molecule has 0 unspecified atom stereocenters. The van der Waals surface area contributed by atoms with Gasteiger partial charge in [-0.1, -0.05) is 0 Å². The number of rotatable bonds is 2. The van der Waals surface area contributed by atoms with E-state index in [1.54, 1.807) is 24.5 Å². The Morgan fingerprint density at radius 3 is 2.57 bits per heavy atom. The lowest BCUT2D eigenvalue weighted by Crippen LogP contribution is -2.52. The molecular formula is C14H19N3O3S. The second-order valence-corrected chi connectivity index (χ2v) is 7.86. The summed E-state index contributed by atoms with van der Waals surface area (Å²) in [5, 5.41) is 0. The van der Waals surface area contributed by atoms with Gasteiger partial charge in [0.05, 0.1) is 17.1 Å². The molecule has 1 atom stereocenters. The Bertz CT molecular complexity index is 610. The molecule has 1 aromatic rings. The summed E-state index contributed by atoms with van der Waals surface area (Å²) in [7, 11) is -2.85. The fraction of sp³-hybridized carbons (Fsp3) is 0.571. The monoisotopic (exact) mass is 309 g/mol. The summed E-state index contributed by atoms with van der Waals surface area (Å²) in [5.74, 6) is 0.567. The fourth-order valence-electron chi connectivity index (χ4n) is 3.03. The molecule has 0 radical (unpaired) electrons. The van der Waals surface area contributed by atoms with Crippen molar-refractivity contribution in [2.45, 2.75) is 12.5 Å². The molecule has 0 saturated carbocycles. The summed E-state index contributed by atoms with van der Waals surface area (Å²) in [6.45, 7) is 2.77. The van der Waals surface area contributed by atoms with Crippen molar-refractivity contribution in [2.24, 2.45) is 0 Å². The van der Waals surface area contributed by atoms with Crippen LogP contribution in [0.25, 0.3) is 0 Å². The maximum atomic E-state index is 12.3. The molecule has 21 heavy (non-hydrogen) atoms. The molecule has 1 aromatic heterocycles. The van der Waals surface area contributed by atoms with Crippen molar-refractivity contribution in [3.05, 3.63) is 30.1 Å². The standard InChI is InChI=1S/C14H19N3O3S/c18-14(12-2-1-4-15-10-12)17-7-5-16(6-8-17)13-3-9-21(19,20)11-13/h1-2,4,10,13H,3,5-9,11H2/t13-/m0/s1. The third-order valence-electron chi connectivity index (χ3n) is 4.23. The maximum Gasteiger partial charge on any atom is 0.255 e. The Balaban J connectivity index is 1.57. The highest BCUT2D eigenvalue weighted by molar-refractivity contribution is 7.91. The SMILES string of the molecule is O=C(c1cccnc1)N1CCN([C@H]2CCS(=O)(=O)C2)CC1. The number of carbonyl (C=O) groups excluding carboxylic acids is 1. The lowest BCUT2D eigenvalue weighted by Gasteiger charge is -2.37. The minimum Gasteiger partial charge on any atom is -0.336 e. The van der Waals surface area contributed by atoms with E-state index in [0.717, 1.165) is 19.5 Å². The Labute approximate surface area is 124 Å². The van der Waals surface area contributed by atoms with Crippen molar-refractivity contribution in [2.75, 3.05) is 37.7 Å². The summed E-state index contributed by atoms with van der Waals surface area (Å²) >= 11 is 0. The van der Waals surface area contributed by atoms with Crippen LogP contribution in [0.2, 0.25) is 0 Å². The molecule has 6 nitrogen and oxygen atoms in total. The van der Waals surface area contributed by atoms with Gasteiger partial charge in [0.15, 0.2) is 9.84 Å². The van der Waals surface area contributed by atoms with E-state index in [9.17, 15) is 13.2 Å². The molecule has 0 spiro atoms. The third kappa shape index (κ3) is 3.24. The molecule has 1 amide bonds. The van der Waals surface area contributed by atoms with Crippen molar-refractivity contribution < 1.29 is 13.2 Å². The first-order valence-electron chi connectivity index (χ1n) is 7.19. The highest BCUT2D eigenvalue weighted by atomic mass is 32.2. The second-order valence-electron chi connectivity index (χ2n) is 5.63. The van der Waals surface area contributed by atoms with Crippen LogP contribution in [-0.2, 0) is 9.84 Å².